The van der Waals surface area contributed by atoms with E-state index in [9.17, 15) is 4.79 Å². The van der Waals surface area contributed by atoms with Crippen molar-refractivity contribution in [1.29, 1.82) is 0 Å². The number of rotatable bonds is 3. The topological polar surface area (TPSA) is 32.3 Å². The van der Waals surface area contributed by atoms with Crippen molar-refractivity contribution in [3.05, 3.63) is 28.8 Å². The molecule has 1 aromatic carbocycles. The van der Waals surface area contributed by atoms with E-state index in [2.05, 4.69) is 12.2 Å². The summed E-state index contributed by atoms with van der Waals surface area (Å²) in [5.41, 5.74) is 1.93. The van der Waals surface area contributed by atoms with Gasteiger partial charge in [-0.15, -0.1) is 0 Å². The fourth-order valence-corrected chi connectivity index (χ4v) is 2.51. The minimum absolute atomic E-state index is 0.172. The summed E-state index contributed by atoms with van der Waals surface area (Å²) in [5, 5.41) is 3.91. The van der Waals surface area contributed by atoms with Gasteiger partial charge in [-0.3, -0.25) is 4.79 Å². The molecule has 4 heteroatoms. The molecule has 1 aliphatic heterocycles. The van der Waals surface area contributed by atoms with Crippen molar-refractivity contribution in [3.63, 3.8) is 0 Å². The van der Waals surface area contributed by atoms with Crippen LogP contribution in [0.1, 0.15) is 25.3 Å². The average molecular weight is 281 g/mol. The predicted octanol–water partition coefficient (Wildman–Crippen LogP) is 3.32. The molecule has 0 bridgehead atoms. The van der Waals surface area contributed by atoms with Crippen LogP contribution in [-0.4, -0.2) is 30.4 Å². The number of likely N-dealkylation sites (tertiary alicyclic amines) is 1. The molecule has 1 fully saturated rings. The molecule has 1 saturated heterocycles. The van der Waals surface area contributed by atoms with Crippen molar-refractivity contribution in [2.24, 2.45) is 5.92 Å². The summed E-state index contributed by atoms with van der Waals surface area (Å²) in [5.74, 6) is 0.915. The maximum absolute atomic E-state index is 12.1. The van der Waals surface area contributed by atoms with Crippen LogP contribution in [-0.2, 0) is 4.79 Å². The SMILES string of the molecule is Cc1c(Cl)cccc1NCC(=O)N1CCC(C)CC1. The third-order valence-corrected chi connectivity index (χ3v) is 4.24. The van der Waals surface area contributed by atoms with E-state index in [0.717, 1.165) is 48.1 Å². The van der Waals surface area contributed by atoms with Gasteiger partial charge in [0.25, 0.3) is 0 Å². The maximum atomic E-state index is 12.1. The lowest BCUT2D eigenvalue weighted by molar-refractivity contribution is -0.130. The molecular weight excluding hydrogens is 260 g/mol. The number of nitrogens with zero attached hydrogens (tertiary/aromatic N) is 1. The largest absolute Gasteiger partial charge is 0.376 e. The van der Waals surface area contributed by atoms with Crippen LogP contribution < -0.4 is 5.32 Å². The lowest BCUT2D eigenvalue weighted by Crippen LogP contribution is -2.40. The highest BCUT2D eigenvalue weighted by atomic mass is 35.5. The molecule has 1 amide bonds. The summed E-state index contributed by atoms with van der Waals surface area (Å²) < 4.78 is 0. The number of nitrogens with one attached hydrogen (secondary N) is 1. The lowest BCUT2D eigenvalue weighted by Gasteiger charge is -2.30. The van der Waals surface area contributed by atoms with Crippen LogP contribution in [0.2, 0.25) is 5.02 Å². The van der Waals surface area contributed by atoms with Crippen molar-refractivity contribution in [2.45, 2.75) is 26.7 Å². The van der Waals surface area contributed by atoms with Gasteiger partial charge in [-0.1, -0.05) is 24.6 Å². The van der Waals surface area contributed by atoms with E-state index in [4.69, 9.17) is 11.6 Å². The van der Waals surface area contributed by atoms with E-state index >= 15 is 0 Å². The van der Waals surface area contributed by atoms with Gasteiger partial charge >= 0.3 is 0 Å². The Morgan fingerprint density at radius 3 is 2.79 bits per heavy atom. The quantitative estimate of drug-likeness (QED) is 0.921. The number of hydrogen-bond acceptors (Lipinski definition) is 2. The van der Waals surface area contributed by atoms with Gasteiger partial charge in [0.1, 0.15) is 0 Å². The van der Waals surface area contributed by atoms with Crippen LogP contribution in [0.25, 0.3) is 0 Å². The van der Waals surface area contributed by atoms with Gasteiger partial charge in [-0.05, 0) is 43.4 Å². The Kier molecular flexibility index (Phi) is 4.70. The average Bonchev–Trinajstić information content (AvgIpc) is 2.41. The molecule has 0 radical (unpaired) electrons. The molecule has 0 aromatic heterocycles. The number of hydrogen-bond donors (Lipinski definition) is 1. The molecule has 19 heavy (non-hydrogen) atoms. The summed E-state index contributed by atoms with van der Waals surface area (Å²) in [7, 11) is 0. The van der Waals surface area contributed by atoms with Crippen molar-refractivity contribution in [2.75, 3.05) is 25.0 Å². The van der Waals surface area contributed by atoms with Gasteiger partial charge in [0.05, 0.1) is 6.54 Å². The zero-order valence-electron chi connectivity index (χ0n) is 11.6. The molecule has 1 aliphatic rings. The highest BCUT2D eigenvalue weighted by Gasteiger charge is 2.19. The molecule has 0 unspecified atom stereocenters. The van der Waals surface area contributed by atoms with Gasteiger partial charge in [0.2, 0.25) is 5.91 Å². The summed E-state index contributed by atoms with van der Waals surface area (Å²) in [6.45, 7) is 6.31. The smallest absolute Gasteiger partial charge is 0.241 e. The molecule has 2 rings (SSSR count). The highest BCUT2D eigenvalue weighted by Crippen LogP contribution is 2.23. The van der Waals surface area contributed by atoms with Crippen LogP contribution in [0, 0.1) is 12.8 Å². The van der Waals surface area contributed by atoms with Crippen LogP contribution in [0.3, 0.4) is 0 Å². The Hall–Kier alpha value is -1.22. The van der Waals surface area contributed by atoms with Crippen molar-refractivity contribution >= 4 is 23.2 Å². The normalized spacial score (nSPS) is 16.5. The molecule has 0 saturated carbocycles. The zero-order chi connectivity index (χ0) is 13.8. The lowest BCUT2D eigenvalue weighted by atomic mass is 9.99. The molecule has 0 spiro atoms. The number of amides is 1. The number of carbonyl (C=O) groups is 1. The molecule has 0 atom stereocenters. The Morgan fingerprint density at radius 2 is 2.11 bits per heavy atom. The first-order valence-electron chi connectivity index (χ1n) is 6.84. The van der Waals surface area contributed by atoms with Gasteiger partial charge < -0.3 is 10.2 Å². The van der Waals surface area contributed by atoms with E-state index in [1.807, 2.05) is 30.0 Å². The molecule has 3 nitrogen and oxygen atoms in total. The first kappa shape index (κ1) is 14.2. The first-order chi connectivity index (χ1) is 9.08. The van der Waals surface area contributed by atoms with E-state index in [1.54, 1.807) is 0 Å². The molecule has 1 aromatic rings. The van der Waals surface area contributed by atoms with Crippen LogP contribution in [0.15, 0.2) is 18.2 Å². The van der Waals surface area contributed by atoms with E-state index in [0.29, 0.717) is 6.54 Å². The minimum Gasteiger partial charge on any atom is -0.376 e. The van der Waals surface area contributed by atoms with Gasteiger partial charge in [-0.2, -0.15) is 0 Å². The second-order valence-corrected chi connectivity index (χ2v) is 5.74. The first-order valence-corrected chi connectivity index (χ1v) is 7.22. The minimum atomic E-state index is 0.172. The maximum Gasteiger partial charge on any atom is 0.241 e. The van der Waals surface area contributed by atoms with Gasteiger partial charge in [-0.25, -0.2) is 0 Å². The molecular formula is C15H21ClN2O. The summed E-state index contributed by atoms with van der Waals surface area (Å²) in [6, 6.07) is 5.70. The third-order valence-electron chi connectivity index (χ3n) is 3.83. The van der Waals surface area contributed by atoms with Crippen molar-refractivity contribution in [3.8, 4) is 0 Å². The Bertz CT molecular complexity index is 453. The number of carbonyl (C=O) groups excluding carboxylic acids is 1. The van der Waals surface area contributed by atoms with Crippen LogP contribution in [0.4, 0.5) is 5.69 Å². The fraction of sp³-hybridized carbons (Fsp3) is 0.533. The Balaban J connectivity index is 1.88. The summed E-state index contributed by atoms with van der Waals surface area (Å²) in [4.78, 5) is 14.1. The third kappa shape index (κ3) is 3.63. The van der Waals surface area contributed by atoms with E-state index in [1.165, 1.54) is 0 Å². The Labute approximate surface area is 119 Å². The monoisotopic (exact) mass is 280 g/mol. The van der Waals surface area contributed by atoms with E-state index in [-0.39, 0.29) is 5.91 Å². The molecule has 1 heterocycles. The molecule has 0 aliphatic carbocycles. The van der Waals surface area contributed by atoms with E-state index < -0.39 is 0 Å². The molecule has 104 valence electrons. The predicted molar refractivity (Wildman–Crippen MR) is 79.7 cm³/mol. The number of anilines is 1. The van der Waals surface area contributed by atoms with Crippen molar-refractivity contribution in [1.82, 2.24) is 4.90 Å². The van der Waals surface area contributed by atoms with Gasteiger partial charge in [0.15, 0.2) is 0 Å². The zero-order valence-corrected chi connectivity index (χ0v) is 12.3. The number of piperidine rings is 1. The second kappa shape index (κ2) is 6.29. The highest BCUT2D eigenvalue weighted by molar-refractivity contribution is 6.31. The van der Waals surface area contributed by atoms with Crippen LogP contribution in [0.5, 0.6) is 0 Å². The van der Waals surface area contributed by atoms with Crippen molar-refractivity contribution < 1.29 is 4.79 Å². The molecule has 1 N–H and O–H groups in total. The summed E-state index contributed by atoms with van der Waals surface area (Å²) >= 11 is 6.06. The second-order valence-electron chi connectivity index (χ2n) is 5.33. The number of halogens is 1. The standard InChI is InChI=1S/C15H21ClN2O/c1-11-6-8-18(9-7-11)15(19)10-17-14-5-3-4-13(16)12(14)2/h3-5,11,17H,6-10H2,1-2H3. The number of benzene rings is 1. The fourth-order valence-electron chi connectivity index (χ4n) is 2.34. The van der Waals surface area contributed by atoms with Crippen LogP contribution >= 0.6 is 11.6 Å². The summed E-state index contributed by atoms with van der Waals surface area (Å²) in [6.07, 6.45) is 2.23. The Morgan fingerprint density at radius 1 is 1.42 bits per heavy atom. The van der Waals surface area contributed by atoms with Gasteiger partial charge in [0, 0.05) is 23.8 Å².